The van der Waals surface area contributed by atoms with Gasteiger partial charge in [0, 0.05) is 35.8 Å². The molecular formula is C12H18MnO12Zr. The number of hydrogen-bond donors (Lipinski definition) is 0. The van der Waals surface area contributed by atoms with Crippen molar-refractivity contribution in [2.24, 2.45) is 0 Å². The van der Waals surface area contributed by atoms with Crippen LogP contribution in [0.5, 0.6) is 0 Å². The molecule has 0 N–H and O–H groups in total. The first-order chi connectivity index (χ1) is 10.4. The molecule has 0 aromatic heterocycles. The molecule has 0 spiro atoms. The molecule has 0 aromatic rings. The summed E-state index contributed by atoms with van der Waals surface area (Å²) in [5.74, 6) is -6.50. The average Bonchev–Trinajstić information content (AvgIpc) is 2.08. The van der Waals surface area contributed by atoms with Crippen molar-refractivity contribution in [3.63, 3.8) is 0 Å². The van der Waals surface area contributed by atoms with Gasteiger partial charge >= 0.3 is 43.3 Å². The summed E-state index contributed by atoms with van der Waals surface area (Å²) in [4.78, 5) is 53.3. The third kappa shape index (κ3) is 3170. The Morgan fingerprint density at radius 1 is 0.385 bits per heavy atom. The van der Waals surface area contributed by atoms with Crippen LogP contribution in [0.25, 0.3) is 0 Å². The van der Waals surface area contributed by atoms with Crippen LogP contribution in [0.15, 0.2) is 0 Å². The van der Waals surface area contributed by atoms with E-state index in [1.807, 2.05) is 0 Å². The second kappa shape index (κ2) is 43.6. The first kappa shape index (κ1) is 49.6. The summed E-state index contributed by atoms with van der Waals surface area (Å²) >= 11 is 0. The van der Waals surface area contributed by atoms with Crippen LogP contribution in [0.4, 0.5) is 0 Å². The number of rotatable bonds is 0. The Kier molecular flexibility index (Phi) is 83.2. The van der Waals surface area contributed by atoms with Crippen LogP contribution in [-0.2, 0) is 72.0 Å². The van der Waals surface area contributed by atoms with E-state index in [9.17, 15) is 0 Å². The van der Waals surface area contributed by atoms with Gasteiger partial charge < -0.3 is 59.4 Å². The summed E-state index contributed by atoms with van der Waals surface area (Å²) in [5.41, 5.74) is 0. The van der Waals surface area contributed by atoms with Crippen LogP contribution in [0.2, 0.25) is 0 Å². The zero-order valence-corrected chi connectivity index (χ0v) is 18.4. The van der Waals surface area contributed by atoms with Gasteiger partial charge in [0.25, 0.3) is 0 Å². The van der Waals surface area contributed by atoms with Crippen LogP contribution in [0.1, 0.15) is 41.5 Å². The monoisotopic (exact) mass is 499 g/mol. The molecule has 149 valence electrons. The van der Waals surface area contributed by atoms with Gasteiger partial charge in [-0.2, -0.15) is 0 Å². The van der Waals surface area contributed by atoms with Crippen molar-refractivity contribution in [3.05, 3.63) is 0 Å². The van der Waals surface area contributed by atoms with E-state index >= 15 is 0 Å². The second-order valence-electron chi connectivity index (χ2n) is 2.95. The summed E-state index contributed by atoms with van der Waals surface area (Å²) < 4.78 is 0. The van der Waals surface area contributed by atoms with Gasteiger partial charge in [-0.3, -0.25) is 0 Å². The molecule has 0 fully saturated rings. The normalized spacial score (nSPS) is 5.77. The number of aliphatic carboxylic acids is 6. The molecule has 0 saturated heterocycles. The Bertz CT molecular complexity index is 267. The quantitative estimate of drug-likeness (QED) is 0.282. The molecular weight excluding hydrogens is 482 g/mol. The van der Waals surface area contributed by atoms with E-state index in [-0.39, 0.29) is 43.3 Å². The number of hydrogen-bond acceptors (Lipinski definition) is 12. The summed E-state index contributed by atoms with van der Waals surface area (Å²) in [5, 5.41) is 53.3. The molecule has 0 bridgehead atoms. The van der Waals surface area contributed by atoms with Gasteiger partial charge in [-0.1, -0.05) is 0 Å². The van der Waals surface area contributed by atoms with Crippen molar-refractivity contribution in [1.82, 2.24) is 0 Å². The zero-order valence-electron chi connectivity index (χ0n) is 14.8. The van der Waals surface area contributed by atoms with Crippen LogP contribution in [0.3, 0.4) is 0 Å². The molecule has 0 aliphatic rings. The fourth-order valence-corrected chi connectivity index (χ4v) is 0. The minimum absolute atomic E-state index is 0. The van der Waals surface area contributed by atoms with Crippen LogP contribution >= 0.6 is 0 Å². The molecule has 0 aliphatic carbocycles. The van der Waals surface area contributed by atoms with Crippen molar-refractivity contribution < 1.29 is 103 Å². The van der Waals surface area contributed by atoms with E-state index in [4.69, 9.17) is 59.4 Å². The summed E-state index contributed by atoms with van der Waals surface area (Å²) in [6.07, 6.45) is 0. The molecule has 0 heterocycles. The van der Waals surface area contributed by atoms with Crippen molar-refractivity contribution in [1.29, 1.82) is 0 Å². The third-order valence-electron chi connectivity index (χ3n) is 0. The molecule has 0 amide bonds. The number of carbonyl (C=O) groups excluding carboxylic acids is 6. The predicted molar refractivity (Wildman–Crippen MR) is 64.1 cm³/mol. The van der Waals surface area contributed by atoms with Gasteiger partial charge in [-0.05, 0) is 41.5 Å². The molecule has 0 saturated carbocycles. The fraction of sp³-hybridized carbons (Fsp3) is 0.500. The minimum atomic E-state index is -1.08. The Morgan fingerprint density at radius 2 is 0.385 bits per heavy atom. The maximum absolute atomic E-state index is 8.89. The Morgan fingerprint density at radius 3 is 0.385 bits per heavy atom. The Labute approximate surface area is 179 Å². The van der Waals surface area contributed by atoms with Crippen molar-refractivity contribution in [2.75, 3.05) is 0 Å². The average molecular weight is 500 g/mol. The summed E-state index contributed by atoms with van der Waals surface area (Å²) in [6, 6.07) is 0. The maximum atomic E-state index is 8.89. The Balaban J connectivity index is -0.0000000245. The molecule has 0 atom stereocenters. The third-order valence-corrected chi connectivity index (χ3v) is 0. The number of carbonyl (C=O) groups is 6. The van der Waals surface area contributed by atoms with Crippen LogP contribution < -0.4 is 30.6 Å². The van der Waals surface area contributed by atoms with E-state index < -0.39 is 35.8 Å². The first-order valence-corrected chi connectivity index (χ1v) is 5.45. The van der Waals surface area contributed by atoms with E-state index in [0.717, 1.165) is 41.5 Å². The standard InChI is InChI=1S/6C2H4O2.Mn.Zr/c6*1-2(3)4;;/h6*1H3,(H,3,4);;/q;;;;;;+2;+4/p-6. The van der Waals surface area contributed by atoms with E-state index in [0.29, 0.717) is 0 Å². The van der Waals surface area contributed by atoms with E-state index in [2.05, 4.69) is 0 Å². The molecule has 0 aliphatic heterocycles. The first-order valence-electron chi connectivity index (χ1n) is 5.45. The SMILES string of the molecule is CC(=O)[O-].CC(=O)[O-].CC(=O)[O-].CC(=O)[O-].CC(=O)[O-].CC(=O)[O-].[Mn+2].[Zr+4]. The largest absolute Gasteiger partial charge is 4.00 e. The van der Waals surface area contributed by atoms with Gasteiger partial charge in [0.15, 0.2) is 0 Å². The van der Waals surface area contributed by atoms with Crippen LogP contribution in [-0.4, -0.2) is 35.8 Å². The van der Waals surface area contributed by atoms with Gasteiger partial charge in [0.1, 0.15) is 0 Å². The van der Waals surface area contributed by atoms with Gasteiger partial charge in [0.2, 0.25) is 0 Å². The molecule has 14 heteroatoms. The van der Waals surface area contributed by atoms with Gasteiger partial charge in [-0.25, -0.2) is 0 Å². The Hall–Kier alpha value is -1.78. The molecule has 0 rings (SSSR count). The second-order valence-corrected chi connectivity index (χ2v) is 2.95. The topological polar surface area (TPSA) is 241 Å². The van der Waals surface area contributed by atoms with Gasteiger partial charge in [-0.15, -0.1) is 0 Å². The molecule has 0 unspecified atom stereocenters. The molecule has 12 nitrogen and oxygen atoms in total. The van der Waals surface area contributed by atoms with Gasteiger partial charge in [0.05, 0.1) is 0 Å². The van der Waals surface area contributed by atoms with E-state index in [1.165, 1.54) is 0 Å². The molecule has 1 radical (unpaired) electrons. The predicted octanol–water partition coefficient (Wildman–Crippen LogP) is -7.47. The summed E-state index contributed by atoms with van der Waals surface area (Å²) in [7, 11) is 0. The molecule has 0 aromatic carbocycles. The zero-order chi connectivity index (χ0) is 21.5. The fourth-order valence-electron chi connectivity index (χ4n) is 0. The minimum Gasteiger partial charge on any atom is -0.550 e. The smallest absolute Gasteiger partial charge is 0.550 e. The number of carboxylic acids is 6. The molecule has 26 heavy (non-hydrogen) atoms. The van der Waals surface area contributed by atoms with Crippen molar-refractivity contribution in [3.8, 4) is 0 Å². The van der Waals surface area contributed by atoms with Crippen molar-refractivity contribution >= 4 is 35.8 Å². The number of carboxylic acid groups (broad SMARTS) is 6. The maximum Gasteiger partial charge on any atom is 4.00 e. The van der Waals surface area contributed by atoms with Crippen LogP contribution in [0, 0.1) is 0 Å². The summed E-state index contributed by atoms with van der Waals surface area (Å²) in [6.45, 7) is 5.83. The van der Waals surface area contributed by atoms with E-state index in [1.54, 1.807) is 0 Å². The van der Waals surface area contributed by atoms with Crippen molar-refractivity contribution in [2.45, 2.75) is 41.5 Å².